The highest BCUT2D eigenvalue weighted by Gasteiger charge is 2.39. The number of methoxy groups -OCH3 is 1. The van der Waals surface area contributed by atoms with Gasteiger partial charge in [0.05, 0.1) is 12.7 Å². The van der Waals surface area contributed by atoms with Crippen LogP contribution in [0.3, 0.4) is 0 Å². The molecule has 1 aliphatic rings. The Kier molecular flexibility index (Phi) is 3.32. The van der Waals surface area contributed by atoms with Gasteiger partial charge in [-0.15, -0.1) is 0 Å². The Labute approximate surface area is 106 Å². The summed E-state index contributed by atoms with van der Waals surface area (Å²) in [5, 5.41) is 0. The van der Waals surface area contributed by atoms with Crippen LogP contribution in [0, 0.1) is 0 Å². The van der Waals surface area contributed by atoms with Crippen molar-refractivity contribution in [3.63, 3.8) is 0 Å². The number of esters is 1. The van der Waals surface area contributed by atoms with Gasteiger partial charge in [-0.3, -0.25) is 4.79 Å². The average molecular weight is 244 g/mol. The maximum Gasteiger partial charge on any atom is 0.334 e. The lowest BCUT2D eigenvalue weighted by Gasteiger charge is -2.34. The van der Waals surface area contributed by atoms with Gasteiger partial charge in [-0.25, -0.2) is 4.79 Å². The number of ketones is 1. The Morgan fingerprint density at radius 2 is 1.94 bits per heavy atom. The fraction of sp³-hybridized carbons (Fsp3) is 0.333. The highest BCUT2D eigenvalue weighted by Crippen LogP contribution is 2.39. The van der Waals surface area contributed by atoms with Gasteiger partial charge >= 0.3 is 5.97 Å². The molecule has 2 rings (SSSR count). The number of carbonyl (C=O) groups excluding carboxylic acids is 2. The van der Waals surface area contributed by atoms with Crippen LogP contribution in [0.5, 0.6) is 0 Å². The van der Waals surface area contributed by atoms with E-state index in [9.17, 15) is 9.59 Å². The summed E-state index contributed by atoms with van der Waals surface area (Å²) in [6, 6.07) is 9.76. The maximum atomic E-state index is 11.9. The summed E-state index contributed by atoms with van der Waals surface area (Å²) in [6.45, 7) is 1.98. The molecule has 0 radical (unpaired) electrons. The molecule has 94 valence electrons. The third-order valence-corrected chi connectivity index (χ3v) is 3.59. The van der Waals surface area contributed by atoms with Gasteiger partial charge in [0.1, 0.15) is 0 Å². The minimum absolute atomic E-state index is 0.0104. The second-order valence-electron chi connectivity index (χ2n) is 4.71. The van der Waals surface area contributed by atoms with Crippen molar-refractivity contribution in [1.82, 2.24) is 0 Å². The van der Waals surface area contributed by atoms with Crippen LogP contribution < -0.4 is 0 Å². The molecular formula is C15H16O3. The largest absolute Gasteiger partial charge is 0.466 e. The molecule has 1 atom stereocenters. The van der Waals surface area contributed by atoms with E-state index in [0.29, 0.717) is 18.4 Å². The van der Waals surface area contributed by atoms with Gasteiger partial charge in [-0.1, -0.05) is 37.3 Å². The van der Waals surface area contributed by atoms with Gasteiger partial charge in [-0.2, -0.15) is 0 Å². The van der Waals surface area contributed by atoms with Crippen LogP contribution in [0.1, 0.15) is 25.3 Å². The molecule has 1 aliphatic carbocycles. The Morgan fingerprint density at radius 1 is 1.28 bits per heavy atom. The van der Waals surface area contributed by atoms with Gasteiger partial charge in [0, 0.05) is 11.8 Å². The van der Waals surface area contributed by atoms with Crippen LogP contribution in [-0.2, 0) is 19.7 Å². The molecule has 0 unspecified atom stereocenters. The number of ether oxygens (including phenoxy) is 1. The van der Waals surface area contributed by atoms with E-state index in [1.54, 1.807) is 0 Å². The predicted octanol–water partition coefficient (Wildman–Crippen LogP) is 2.41. The van der Waals surface area contributed by atoms with Crippen LogP contribution in [0.25, 0.3) is 0 Å². The third-order valence-electron chi connectivity index (χ3n) is 3.59. The molecular weight excluding hydrogens is 228 g/mol. The number of hydrogen-bond donors (Lipinski definition) is 0. The summed E-state index contributed by atoms with van der Waals surface area (Å²) in [7, 11) is 1.34. The van der Waals surface area contributed by atoms with Gasteiger partial charge in [-0.05, 0) is 18.1 Å². The molecule has 0 N–H and O–H groups in total. The molecule has 3 nitrogen and oxygen atoms in total. The fourth-order valence-electron chi connectivity index (χ4n) is 2.40. The summed E-state index contributed by atoms with van der Waals surface area (Å²) >= 11 is 0. The first-order valence-corrected chi connectivity index (χ1v) is 5.97. The van der Waals surface area contributed by atoms with Crippen molar-refractivity contribution >= 4 is 11.8 Å². The van der Waals surface area contributed by atoms with Crippen molar-refractivity contribution in [2.75, 3.05) is 7.11 Å². The Morgan fingerprint density at radius 3 is 2.56 bits per heavy atom. The van der Waals surface area contributed by atoms with E-state index in [0.717, 1.165) is 5.56 Å². The molecule has 0 heterocycles. The SMILES string of the molecule is COC(=O)C1=CC(=O)CC[C@]1(C)c1ccccc1. The zero-order valence-electron chi connectivity index (χ0n) is 10.6. The zero-order chi connectivity index (χ0) is 13.2. The third kappa shape index (κ3) is 2.08. The summed E-state index contributed by atoms with van der Waals surface area (Å²) in [5.41, 5.74) is 1.05. The summed E-state index contributed by atoms with van der Waals surface area (Å²) < 4.78 is 4.80. The van der Waals surface area contributed by atoms with Gasteiger partial charge in [0.25, 0.3) is 0 Å². The molecule has 3 heteroatoms. The number of hydrogen-bond acceptors (Lipinski definition) is 3. The van der Waals surface area contributed by atoms with E-state index in [4.69, 9.17) is 4.74 Å². The quantitative estimate of drug-likeness (QED) is 0.750. The molecule has 0 saturated heterocycles. The highest BCUT2D eigenvalue weighted by atomic mass is 16.5. The molecule has 0 fully saturated rings. The highest BCUT2D eigenvalue weighted by molar-refractivity contribution is 6.02. The second kappa shape index (κ2) is 4.77. The molecule has 1 aromatic rings. The van der Waals surface area contributed by atoms with Gasteiger partial charge in [0.15, 0.2) is 5.78 Å². The Balaban J connectivity index is 2.51. The zero-order valence-corrected chi connectivity index (χ0v) is 10.6. The molecule has 0 aliphatic heterocycles. The maximum absolute atomic E-state index is 11.9. The van der Waals surface area contributed by atoms with Crippen molar-refractivity contribution in [3.05, 3.63) is 47.5 Å². The van der Waals surface area contributed by atoms with Crippen molar-refractivity contribution in [3.8, 4) is 0 Å². The van der Waals surface area contributed by atoms with Gasteiger partial charge < -0.3 is 4.74 Å². The van der Waals surface area contributed by atoms with Crippen molar-refractivity contribution in [1.29, 1.82) is 0 Å². The van der Waals surface area contributed by atoms with Crippen molar-refractivity contribution < 1.29 is 14.3 Å². The minimum atomic E-state index is -0.442. The number of allylic oxidation sites excluding steroid dienone is 1. The number of carbonyl (C=O) groups is 2. The van der Waals surface area contributed by atoms with E-state index >= 15 is 0 Å². The molecule has 0 saturated carbocycles. The number of rotatable bonds is 2. The fourth-order valence-corrected chi connectivity index (χ4v) is 2.40. The van der Waals surface area contributed by atoms with Crippen molar-refractivity contribution in [2.24, 2.45) is 0 Å². The van der Waals surface area contributed by atoms with E-state index in [2.05, 4.69) is 0 Å². The van der Waals surface area contributed by atoms with Crippen LogP contribution in [0.4, 0.5) is 0 Å². The van der Waals surface area contributed by atoms with E-state index in [1.807, 2.05) is 37.3 Å². The minimum Gasteiger partial charge on any atom is -0.466 e. The Hall–Kier alpha value is -1.90. The van der Waals surface area contributed by atoms with E-state index in [-0.39, 0.29) is 5.78 Å². The first kappa shape index (κ1) is 12.6. The standard InChI is InChI=1S/C15H16O3/c1-15(11-6-4-3-5-7-11)9-8-12(16)10-13(15)14(17)18-2/h3-7,10H,8-9H2,1-2H3/t15-/m1/s1. The van der Waals surface area contributed by atoms with Crippen LogP contribution in [0.2, 0.25) is 0 Å². The number of benzene rings is 1. The van der Waals surface area contributed by atoms with Crippen molar-refractivity contribution in [2.45, 2.75) is 25.2 Å². The van der Waals surface area contributed by atoms with Crippen LogP contribution >= 0.6 is 0 Å². The average Bonchev–Trinajstić information content (AvgIpc) is 2.42. The molecule has 1 aromatic carbocycles. The van der Waals surface area contributed by atoms with Gasteiger partial charge in [0.2, 0.25) is 0 Å². The topological polar surface area (TPSA) is 43.4 Å². The molecule has 0 spiro atoms. The lowest BCUT2D eigenvalue weighted by Crippen LogP contribution is -2.34. The molecule has 0 bridgehead atoms. The Bertz CT molecular complexity index is 502. The lowest BCUT2D eigenvalue weighted by atomic mass is 9.69. The molecule has 0 amide bonds. The predicted molar refractivity (Wildman–Crippen MR) is 68.1 cm³/mol. The van der Waals surface area contributed by atoms with Crippen LogP contribution in [-0.4, -0.2) is 18.9 Å². The molecule has 18 heavy (non-hydrogen) atoms. The first-order valence-electron chi connectivity index (χ1n) is 5.97. The normalized spacial score (nSPS) is 23.4. The lowest BCUT2D eigenvalue weighted by molar-refractivity contribution is -0.137. The van der Waals surface area contributed by atoms with Crippen LogP contribution in [0.15, 0.2) is 42.0 Å². The smallest absolute Gasteiger partial charge is 0.334 e. The summed E-state index contributed by atoms with van der Waals surface area (Å²) in [6.07, 6.45) is 2.53. The second-order valence-corrected chi connectivity index (χ2v) is 4.71. The summed E-state index contributed by atoms with van der Waals surface area (Å²) in [5.74, 6) is -0.432. The monoisotopic (exact) mass is 244 g/mol. The first-order chi connectivity index (χ1) is 8.58. The van der Waals surface area contributed by atoms with E-state index in [1.165, 1.54) is 13.2 Å². The van der Waals surface area contributed by atoms with E-state index < -0.39 is 11.4 Å². The molecule has 0 aromatic heterocycles. The summed E-state index contributed by atoms with van der Waals surface area (Å²) in [4.78, 5) is 23.4.